The van der Waals surface area contributed by atoms with E-state index in [1.54, 1.807) is 0 Å². The van der Waals surface area contributed by atoms with E-state index in [0.717, 1.165) is 25.7 Å². The average molecular weight is 280 g/mol. The van der Waals surface area contributed by atoms with Gasteiger partial charge in [0.2, 0.25) is 0 Å². The third-order valence-corrected chi connectivity index (χ3v) is 3.62. The fourth-order valence-electron chi connectivity index (χ4n) is 2.22. The highest BCUT2D eigenvalue weighted by Gasteiger charge is 2.00. The van der Waals surface area contributed by atoms with Crippen LogP contribution in [0.25, 0.3) is 0 Å². The quantitative estimate of drug-likeness (QED) is 0.297. The molecule has 0 aliphatic carbocycles. The zero-order valence-corrected chi connectivity index (χ0v) is 13.8. The van der Waals surface area contributed by atoms with Gasteiger partial charge in [0, 0.05) is 0 Å². The van der Waals surface area contributed by atoms with Crippen molar-refractivity contribution in [3.8, 4) is 0 Å². The standard InChI is InChI=1S/C19H36O/c1-3-5-7-9-11-13-15-17-19(20)18-16-14-12-10-8-6-4-2/h11-14,19-20H,3-10,15-18H2,1-2H3. The van der Waals surface area contributed by atoms with Crippen LogP contribution in [0.1, 0.15) is 90.9 Å². The predicted octanol–water partition coefficient (Wildman–Crippen LogP) is 6.18. The van der Waals surface area contributed by atoms with Gasteiger partial charge in [0.05, 0.1) is 6.10 Å². The molecule has 0 saturated heterocycles. The Morgan fingerprint density at radius 1 is 0.650 bits per heavy atom. The fourth-order valence-corrected chi connectivity index (χ4v) is 2.22. The van der Waals surface area contributed by atoms with Gasteiger partial charge < -0.3 is 5.11 Å². The van der Waals surface area contributed by atoms with Gasteiger partial charge in [0.25, 0.3) is 0 Å². The molecule has 0 bridgehead atoms. The summed E-state index contributed by atoms with van der Waals surface area (Å²) in [6.45, 7) is 4.47. The summed E-state index contributed by atoms with van der Waals surface area (Å²) in [7, 11) is 0. The zero-order valence-electron chi connectivity index (χ0n) is 13.8. The van der Waals surface area contributed by atoms with E-state index in [4.69, 9.17) is 0 Å². The molecule has 118 valence electrons. The van der Waals surface area contributed by atoms with Crippen LogP contribution in [0.4, 0.5) is 0 Å². The van der Waals surface area contributed by atoms with E-state index in [0.29, 0.717) is 0 Å². The number of hydrogen-bond donors (Lipinski definition) is 1. The summed E-state index contributed by atoms with van der Waals surface area (Å²) in [5, 5.41) is 9.86. The zero-order chi connectivity index (χ0) is 14.9. The number of aliphatic hydroxyl groups excluding tert-OH is 1. The van der Waals surface area contributed by atoms with Crippen molar-refractivity contribution in [2.45, 2.75) is 97.0 Å². The molecule has 0 aliphatic rings. The van der Waals surface area contributed by atoms with Crippen molar-refractivity contribution in [1.29, 1.82) is 0 Å². The second-order valence-corrected chi connectivity index (χ2v) is 5.74. The molecule has 0 aliphatic heterocycles. The lowest BCUT2D eigenvalue weighted by atomic mass is 10.1. The molecule has 0 aromatic heterocycles. The van der Waals surface area contributed by atoms with Gasteiger partial charge in [-0.15, -0.1) is 0 Å². The SMILES string of the molecule is CCCCCC=CCCC(O)CCC=CCCCCC. The van der Waals surface area contributed by atoms with Crippen molar-refractivity contribution in [3.63, 3.8) is 0 Å². The molecule has 0 fully saturated rings. The van der Waals surface area contributed by atoms with E-state index in [-0.39, 0.29) is 6.10 Å². The van der Waals surface area contributed by atoms with Crippen LogP contribution >= 0.6 is 0 Å². The molecule has 1 nitrogen and oxygen atoms in total. The molecular formula is C19H36O. The maximum absolute atomic E-state index is 9.86. The smallest absolute Gasteiger partial charge is 0.0546 e. The first-order chi connectivity index (χ1) is 9.81. The molecule has 20 heavy (non-hydrogen) atoms. The van der Waals surface area contributed by atoms with Gasteiger partial charge >= 0.3 is 0 Å². The van der Waals surface area contributed by atoms with Crippen LogP contribution in [0.2, 0.25) is 0 Å². The first-order valence-electron chi connectivity index (χ1n) is 8.79. The van der Waals surface area contributed by atoms with E-state index in [1.807, 2.05) is 0 Å². The number of aliphatic hydroxyl groups is 1. The summed E-state index contributed by atoms with van der Waals surface area (Å²) in [5.74, 6) is 0. The lowest BCUT2D eigenvalue weighted by Gasteiger charge is -2.06. The maximum Gasteiger partial charge on any atom is 0.0546 e. The Labute approximate surface area is 127 Å². The highest BCUT2D eigenvalue weighted by Crippen LogP contribution is 2.08. The predicted molar refractivity (Wildman–Crippen MR) is 91.0 cm³/mol. The Hall–Kier alpha value is -0.560. The second-order valence-electron chi connectivity index (χ2n) is 5.74. The molecule has 1 heteroatoms. The van der Waals surface area contributed by atoms with Crippen LogP contribution < -0.4 is 0 Å². The number of unbranched alkanes of at least 4 members (excludes halogenated alkanes) is 6. The molecule has 0 amide bonds. The summed E-state index contributed by atoms with van der Waals surface area (Å²) in [4.78, 5) is 0. The van der Waals surface area contributed by atoms with Gasteiger partial charge in [-0.25, -0.2) is 0 Å². The Balaban J connectivity index is 3.33. The Morgan fingerprint density at radius 3 is 1.45 bits per heavy atom. The van der Waals surface area contributed by atoms with E-state index in [1.165, 1.54) is 51.4 Å². The first-order valence-corrected chi connectivity index (χ1v) is 8.79. The molecule has 0 heterocycles. The highest BCUT2D eigenvalue weighted by molar-refractivity contribution is 4.84. The van der Waals surface area contributed by atoms with Gasteiger partial charge in [-0.05, 0) is 51.4 Å². The average Bonchev–Trinajstić information content (AvgIpc) is 2.45. The van der Waals surface area contributed by atoms with Crippen LogP contribution in [0.5, 0.6) is 0 Å². The molecule has 0 saturated carbocycles. The summed E-state index contributed by atoms with van der Waals surface area (Å²) in [5.41, 5.74) is 0. The van der Waals surface area contributed by atoms with E-state index in [9.17, 15) is 5.11 Å². The summed E-state index contributed by atoms with van der Waals surface area (Å²) in [6.07, 6.45) is 23.0. The third kappa shape index (κ3) is 15.5. The maximum atomic E-state index is 9.86. The monoisotopic (exact) mass is 280 g/mol. The summed E-state index contributed by atoms with van der Waals surface area (Å²) < 4.78 is 0. The molecule has 0 aromatic rings. The van der Waals surface area contributed by atoms with Crippen molar-refractivity contribution in [2.24, 2.45) is 0 Å². The first kappa shape index (κ1) is 19.4. The van der Waals surface area contributed by atoms with Crippen molar-refractivity contribution in [3.05, 3.63) is 24.3 Å². The molecule has 0 aromatic carbocycles. The van der Waals surface area contributed by atoms with Crippen LogP contribution in [0.3, 0.4) is 0 Å². The molecule has 0 rings (SSSR count). The molecule has 0 radical (unpaired) electrons. The van der Waals surface area contributed by atoms with E-state index in [2.05, 4.69) is 38.2 Å². The van der Waals surface area contributed by atoms with Gasteiger partial charge in [0.1, 0.15) is 0 Å². The van der Waals surface area contributed by atoms with Crippen LogP contribution in [-0.2, 0) is 0 Å². The Bertz CT molecular complexity index is 206. The van der Waals surface area contributed by atoms with Crippen LogP contribution in [-0.4, -0.2) is 11.2 Å². The van der Waals surface area contributed by atoms with E-state index < -0.39 is 0 Å². The molecule has 1 N–H and O–H groups in total. The van der Waals surface area contributed by atoms with Crippen LogP contribution in [0, 0.1) is 0 Å². The fraction of sp³-hybridized carbons (Fsp3) is 0.789. The van der Waals surface area contributed by atoms with Crippen molar-refractivity contribution in [1.82, 2.24) is 0 Å². The minimum atomic E-state index is -0.129. The third-order valence-electron chi connectivity index (χ3n) is 3.62. The summed E-state index contributed by atoms with van der Waals surface area (Å²) >= 11 is 0. The van der Waals surface area contributed by atoms with Crippen molar-refractivity contribution >= 4 is 0 Å². The number of hydrogen-bond acceptors (Lipinski definition) is 1. The molecule has 0 spiro atoms. The van der Waals surface area contributed by atoms with Crippen LogP contribution in [0.15, 0.2) is 24.3 Å². The number of rotatable bonds is 14. The number of allylic oxidation sites excluding steroid dienone is 4. The lowest BCUT2D eigenvalue weighted by Crippen LogP contribution is -2.04. The highest BCUT2D eigenvalue weighted by atomic mass is 16.3. The molecule has 0 unspecified atom stereocenters. The Morgan fingerprint density at radius 2 is 1.05 bits per heavy atom. The summed E-state index contributed by atoms with van der Waals surface area (Å²) in [6, 6.07) is 0. The molecule has 0 atom stereocenters. The van der Waals surface area contributed by atoms with Crippen molar-refractivity contribution < 1.29 is 5.11 Å². The van der Waals surface area contributed by atoms with E-state index >= 15 is 0 Å². The van der Waals surface area contributed by atoms with Gasteiger partial charge in [-0.2, -0.15) is 0 Å². The topological polar surface area (TPSA) is 20.2 Å². The lowest BCUT2D eigenvalue weighted by molar-refractivity contribution is 0.157. The minimum Gasteiger partial charge on any atom is -0.393 e. The minimum absolute atomic E-state index is 0.129. The molecular weight excluding hydrogens is 244 g/mol. The largest absolute Gasteiger partial charge is 0.393 e. The Kier molecular flexibility index (Phi) is 16.0. The second kappa shape index (κ2) is 16.5. The normalized spacial score (nSPS) is 13.6. The van der Waals surface area contributed by atoms with Gasteiger partial charge in [-0.3, -0.25) is 0 Å². The van der Waals surface area contributed by atoms with Gasteiger partial charge in [-0.1, -0.05) is 63.8 Å². The van der Waals surface area contributed by atoms with Gasteiger partial charge in [0.15, 0.2) is 0 Å². The van der Waals surface area contributed by atoms with Crippen molar-refractivity contribution in [2.75, 3.05) is 0 Å².